The van der Waals surface area contributed by atoms with Gasteiger partial charge in [-0.15, -0.1) is 6.42 Å². The molecule has 0 saturated carbocycles. The summed E-state index contributed by atoms with van der Waals surface area (Å²) in [5.41, 5.74) is 7.21. The SMILES string of the molecule is C#Cc1ccc(N)nc1CC. The Labute approximate surface area is 66.4 Å². The zero-order valence-corrected chi connectivity index (χ0v) is 6.46. The zero-order chi connectivity index (χ0) is 8.27. The van der Waals surface area contributed by atoms with E-state index in [0.29, 0.717) is 5.82 Å². The molecule has 0 aliphatic heterocycles. The lowest BCUT2D eigenvalue weighted by Crippen LogP contribution is -1.97. The van der Waals surface area contributed by atoms with Crippen molar-refractivity contribution in [3.05, 3.63) is 23.4 Å². The standard InChI is InChI=1S/C9H10N2/c1-3-7-5-6-9(10)11-8(7)4-2/h1,5-6H,4H2,2H3,(H2,10,11). The van der Waals surface area contributed by atoms with Crippen LogP contribution in [0.3, 0.4) is 0 Å². The summed E-state index contributed by atoms with van der Waals surface area (Å²) in [6.45, 7) is 2.00. The Hall–Kier alpha value is -1.49. The lowest BCUT2D eigenvalue weighted by atomic mass is 10.1. The van der Waals surface area contributed by atoms with Gasteiger partial charge in [-0.1, -0.05) is 12.8 Å². The molecule has 1 rings (SSSR count). The molecule has 2 heteroatoms. The molecule has 0 fully saturated rings. The second-order valence-electron chi connectivity index (χ2n) is 2.23. The van der Waals surface area contributed by atoms with Crippen molar-refractivity contribution in [2.75, 3.05) is 5.73 Å². The number of rotatable bonds is 1. The largest absolute Gasteiger partial charge is 0.384 e. The predicted octanol–water partition coefficient (Wildman–Crippen LogP) is 1.21. The number of aryl methyl sites for hydroxylation is 1. The van der Waals surface area contributed by atoms with Gasteiger partial charge in [0, 0.05) is 5.56 Å². The van der Waals surface area contributed by atoms with E-state index in [0.717, 1.165) is 17.7 Å². The molecule has 0 aliphatic rings. The first-order valence-corrected chi connectivity index (χ1v) is 3.50. The van der Waals surface area contributed by atoms with Crippen LogP contribution in [-0.2, 0) is 6.42 Å². The van der Waals surface area contributed by atoms with Crippen molar-refractivity contribution in [1.82, 2.24) is 4.98 Å². The van der Waals surface area contributed by atoms with Gasteiger partial charge in [0.2, 0.25) is 0 Å². The van der Waals surface area contributed by atoms with Crippen molar-refractivity contribution < 1.29 is 0 Å². The number of nitrogens with zero attached hydrogens (tertiary/aromatic N) is 1. The Morgan fingerprint density at radius 2 is 2.36 bits per heavy atom. The van der Waals surface area contributed by atoms with Crippen LogP contribution in [0.15, 0.2) is 12.1 Å². The normalized spacial score (nSPS) is 9.09. The van der Waals surface area contributed by atoms with Crippen LogP contribution in [0.4, 0.5) is 5.82 Å². The number of aromatic nitrogens is 1. The van der Waals surface area contributed by atoms with E-state index in [-0.39, 0.29) is 0 Å². The highest BCUT2D eigenvalue weighted by Crippen LogP contribution is 2.07. The summed E-state index contributed by atoms with van der Waals surface area (Å²) < 4.78 is 0. The minimum Gasteiger partial charge on any atom is -0.384 e. The van der Waals surface area contributed by atoms with Gasteiger partial charge in [-0.25, -0.2) is 4.98 Å². The molecule has 0 spiro atoms. The van der Waals surface area contributed by atoms with E-state index in [4.69, 9.17) is 12.2 Å². The smallest absolute Gasteiger partial charge is 0.123 e. The van der Waals surface area contributed by atoms with E-state index >= 15 is 0 Å². The summed E-state index contributed by atoms with van der Waals surface area (Å²) in [4.78, 5) is 4.10. The maximum atomic E-state index is 5.48. The molecule has 0 unspecified atom stereocenters. The zero-order valence-electron chi connectivity index (χ0n) is 6.46. The van der Waals surface area contributed by atoms with Gasteiger partial charge in [-0.05, 0) is 18.6 Å². The van der Waals surface area contributed by atoms with E-state index < -0.39 is 0 Å². The monoisotopic (exact) mass is 146 g/mol. The van der Waals surface area contributed by atoms with Crippen LogP contribution in [0.1, 0.15) is 18.2 Å². The molecule has 1 aromatic rings. The van der Waals surface area contributed by atoms with E-state index in [1.54, 1.807) is 6.07 Å². The number of anilines is 1. The molecule has 0 atom stereocenters. The van der Waals surface area contributed by atoms with Gasteiger partial charge in [0.05, 0.1) is 5.69 Å². The first kappa shape index (κ1) is 7.62. The van der Waals surface area contributed by atoms with E-state index in [1.807, 2.05) is 13.0 Å². The minimum atomic E-state index is 0.529. The van der Waals surface area contributed by atoms with Crippen molar-refractivity contribution in [2.24, 2.45) is 0 Å². The molecule has 1 aromatic heterocycles. The number of pyridine rings is 1. The lowest BCUT2D eigenvalue weighted by Gasteiger charge is -2.00. The highest BCUT2D eigenvalue weighted by molar-refractivity contribution is 5.42. The minimum absolute atomic E-state index is 0.529. The van der Waals surface area contributed by atoms with Crippen LogP contribution in [-0.4, -0.2) is 4.98 Å². The molecule has 0 aliphatic carbocycles. The maximum Gasteiger partial charge on any atom is 0.123 e. The topological polar surface area (TPSA) is 38.9 Å². The average Bonchev–Trinajstić information content (AvgIpc) is 2.04. The highest BCUT2D eigenvalue weighted by atomic mass is 14.8. The number of terminal acetylenes is 1. The molecule has 0 bridgehead atoms. The highest BCUT2D eigenvalue weighted by Gasteiger charge is 1.98. The molecule has 2 N–H and O–H groups in total. The third-order valence-corrected chi connectivity index (χ3v) is 1.49. The molecule has 1 heterocycles. The molecule has 0 aromatic carbocycles. The average molecular weight is 146 g/mol. The number of hydrogen-bond acceptors (Lipinski definition) is 2. The van der Waals surface area contributed by atoms with E-state index in [9.17, 15) is 0 Å². The van der Waals surface area contributed by atoms with Gasteiger partial charge < -0.3 is 5.73 Å². The van der Waals surface area contributed by atoms with E-state index in [2.05, 4.69) is 10.9 Å². The van der Waals surface area contributed by atoms with Crippen molar-refractivity contribution in [1.29, 1.82) is 0 Å². The number of nitrogens with two attached hydrogens (primary N) is 1. The summed E-state index contributed by atoms with van der Waals surface area (Å²) in [6, 6.07) is 3.54. The van der Waals surface area contributed by atoms with Crippen molar-refractivity contribution in [3.8, 4) is 12.3 Å². The summed E-state index contributed by atoms with van der Waals surface area (Å²) in [7, 11) is 0. The maximum absolute atomic E-state index is 5.48. The van der Waals surface area contributed by atoms with E-state index in [1.165, 1.54) is 0 Å². The van der Waals surface area contributed by atoms with Gasteiger partial charge in [0.15, 0.2) is 0 Å². The molecule has 0 amide bonds. The van der Waals surface area contributed by atoms with Crippen LogP contribution in [0, 0.1) is 12.3 Å². The van der Waals surface area contributed by atoms with Crippen LogP contribution in [0.25, 0.3) is 0 Å². The lowest BCUT2D eigenvalue weighted by molar-refractivity contribution is 1.03. The van der Waals surface area contributed by atoms with Gasteiger partial charge in [0.1, 0.15) is 5.82 Å². The second kappa shape index (κ2) is 3.07. The molecule has 0 saturated heterocycles. The van der Waals surface area contributed by atoms with Crippen molar-refractivity contribution in [3.63, 3.8) is 0 Å². The number of nitrogen functional groups attached to an aromatic ring is 1. The van der Waals surface area contributed by atoms with Crippen LogP contribution < -0.4 is 5.73 Å². The summed E-state index contributed by atoms with van der Waals surface area (Å²) in [6.07, 6.45) is 6.07. The molecule has 11 heavy (non-hydrogen) atoms. The summed E-state index contributed by atoms with van der Waals surface area (Å²) in [5.74, 6) is 3.08. The van der Waals surface area contributed by atoms with Crippen LogP contribution in [0.2, 0.25) is 0 Å². The molecule has 0 radical (unpaired) electrons. The predicted molar refractivity (Wildman–Crippen MR) is 46.0 cm³/mol. The fourth-order valence-electron chi connectivity index (χ4n) is 0.919. The first-order valence-electron chi connectivity index (χ1n) is 3.50. The Balaban J connectivity index is 3.19. The van der Waals surface area contributed by atoms with Crippen molar-refractivity contribution in [2.45, 2.75) is 13.3 Å². The first-order chi connectivity index (χ1) is 5.27. The van der Waals surface area contributed by atoms with Crippen LogP contribution in [0.5, 0.6) is 0 Å². The van der Waals surface area contributed by atoms with Gasteiger partial charge in [0.25, 0.3) is 0 Å². The third-order valence-electron chi connectivity index (χ3n) is 1.49. The molecule has 56 valence electrons. The summed E-state index contributed by atoms with van der Waals surface area (Å²) >= 11 is 0. The quantitative estimate of drug-likeness (QED) is 0.605. The van der Waals surface area contributed by atoms with Crippen LogP contribution >= 0.6 is 0 Å². The Kier molecular flexibility index (Phi) is 2.12. The fraction of sp³-hybridized carbons (Fsp3) is 0.222. The second-order valence-corrected chi connectivity index (χ2v) is 2.23. The fourth-order valence-corrected chi connectivity index (χ4v) is 0.919. The number of hydrogen-bond donors (Lipinski definition) is 1. The Morgan fingerprint density at radius 1 is 1.64 bits per heavy atom. The van der Waals surface area contributed by atoms with Gasteiger partial charge >= 0.3 is 0 Å². The van der Waals surface area contributed by atoms with Gasteiger partial charge in [-0.3, -0.25) is 0 Å². The Bertz CT molecular complexity index is 297. The molecular weight excluding hydrogens is 136 g/mol. The van der Waals surface area contributed by atoms with Gasteiger partial charge in [-0.2, -0.15) is 0 Å². The third kappa shape index (κ3) is 1.50. The Morgan fingerprint density at radius 3 is 2.91 bits per heavy atom. The molecule has 2 nitrogen and oxygen atoms in total. The van der Waals surface area contributed by atoms with Crippen molar-refractivity contribution >= 4 is 5.82 Å². The summed E-state index contributed by atoms with van der Waals surface area (Å²) in [5, 5.41) is 0. The molecular formula is C9H10N2.